The standard InChI is InChI=1S/C14H16FN3O/c1-2-11-13(15)14(17-9-16-11)18-6-3-4-12-10(8-18)5-7-19-12/h5,7,9H,2-4,6,8H2,1H3. The van der Waals surface area contributed by atoms with Crippen LogP contribution in [0.25, 0.3) is 0 Å². The average molecular weight is 261 g/mol. The van der Waals surface area contributed by atoms with Crippen molar-refractivity contribution in [1.82, 2.24) is 9.97 Å². The summed E-state index contributed by atoms with van der Waals surface area (Å²) in [6.07, 6.45) is 5.55. The van der Waals surface area contributed by atoms with Crippen LogP contribution in [0, 0.1) is 5.82 Å². The number of fused-ring (bicyclic) bond motifs is 1. The minimum atomic E-state index is -0.294. The van der Waals surface area contributed by atoms with E-state index in [1.165, 1.54) is 6.33 Å². The Morgan fingerprint density at radius 2 is 2.32 bits per heavy atom. The summed E-state index contributed by atoms with van der Waals surface area (Å²) in [6.45, 7) is 3.32. The molecule has 1 aliphatic heterocycles. The molecule has 2 aromatic rings. The maximum Gasteiger partial charge on any atom is 0.187 e. The number of nitrogens with zero attached hydrogens (tertiary/aromatic N) is 3. The molecule has 0 aliphatic carbocycles. The zero-order chi connectivity index (χ0) is 13.2. The highest BCUT2D eigenvalue weighted by molar-refractivity contribution is 5.43. The third kappa shape index (κ3) is 2.20. The summed E-state index contributed by atoms with van der Waals surface area (Å²) in [5.74, 6) is 1.12. The molecular formula is C14H16FN3O. The summed E-state index contributed by atoms with van der Waals surface area (Å²) in [5.41, 5.74) is 1.59. The van der Waals surface area contributed by atoms with Gasteiger partial charge in [-0.25, -0.2) is 14.4 Å². The lowest BCUT2D eigenvalue weighted by molar-refractivity contribution is 0.504. The van der Waals surface area contributed by atoms with Gasteiger partial charge in [-0.1, -0.05) is 6.92 Å². The summed E-state index contributed by atoms with van der Waals surface area (Å²) in [7, 11) is 0. The van der Waals surface area contributed by atoms with Crippen molar-refractivity contribution in [2.24, 2.45) is 0 Å². The Morgan fingerprint density at radius 1 is 1.42 bits per heavy atom. The lowest BCUT2D eigenvalue weighted by Crippen LogP contribution is -2.25. The van der Waals surface area contributed by atoms with Crippen LogP contribution in [0.5, 0.6) is 0 Å². The predicted molar refractivity (Wildman–Crippen MR) is 69.4 cm³/mol. The summed E-state index contributed by atoms with van der Waals surface area (Å²) in [5, 5.41) is 0. The molecule has 19 heavy (non-hydrogen) atoms. The second-order valence-electron chi connectivity index (χ2n) is 4.71. The van der Waals surface area contributed by atoms with Crippen LogP contribution in [-0.4, -0.2) is 16.5 Å². The van der Waals surface area contributed by atoms with Crippen molar-refractivity contribution in [2.75, 3.05) is 11.4 Å². The van der Waals surface area contributed by atoms with E-state index < -0.39 is 0 Å². The Kier molecular flexibility index (Phi) is 3.19. The molecule has 0 N–H and O–H groups in total. The molecule has 0 atom stereocenters. The maximum atomic E-state index is 14.3. The molecule has 0 aromatic carbocycles. The lowest BCUT2D eigenvalue weighted by atomic mass is 10.2. The van der Waals surface area contributed by atoms with Gasteiger partial charge in [0.05, 0.1) is 12.0 Å². The van der Waals surface area contributed by atoms with Crippen LogP contribution >= 0.6 is 0 Å². The number of hydrogen-bond acceptors (Lipinski definition) is 4. The monoisotopic (exact) mass is 261 g/mol. The molecule has 100 valence electrons. The van der Waals surface area contributed by atoms with Gasteiger partial charge in [0.1, 0.15) is 12.1 Å². The highest BCUT2D eigenvalue weighted by Crippen LogP contribution is 2.25. The molecular weight excluding hydrogens is 245 g/mol. The first kappa shape index (κ1) is 12.1. The van der Waals surface area contributed by atoms with Crippen LogP contribution in [0.15, 0.2) is 23.1 Å². The Balaban J connectivity index is 1.94. The van der Waals surface area contributed by atoms with Gasteiger partial charge in [0.25, 0.3) is 0 Å². The fourth-order valence-corrected chi connectivity index (χ4v) is 2.49. The minimum Gasteiger partial charge on any atom is -0.469 e. The minimum absolute atomic E-state index is 0.294. The van der Waals surface area contributed by atoms with Gasteiger partial charge >= 0.3 is 0 Å². The number of rotatable bonds is 2. The Bertz CT molecular complexity index is 582. The molecule has 0 fully saturated rings. The Labute approximate surface area is 111 Å². The Hall–Kier alpha value is -1.91. The van der Waals surface area contributed by atoms with Crippen molar-refractivity contribution in [2.45, 2.75) is 32.7 Å². The van der Waals surface area contributed by atoms with Crippen LogP contribution in [-0.2, 0) is 19.4 Å². The zero-order valence-corrected chi connectivity index (χ0v) is 10.9. The first-order chi connectivity index (χ1) is 9.29. The van der Waals surface area contributed by atoms with E-state index >= 15 is 0 Å². The van der Waals surface area contributed by atoms with Crippen molar-refractivity contribution >= 4 is 5.82 Å². The molecule has 0 bridgehead atoms. The highest BCUT2D eigenvalue weighted by atomic mass is 19.1. The second-order valence-corrected chi connectivity index (χ2v) is 4.71. The average Bonchev–Trinajstić information content (AvgIpc) is 2.77. The third-order valence-corrected chi connectivity index (χ3v) is 3.51. The number of halogens is 1. The molecule has 0 radical (unpaired) electrons. The molecule has 0 spiro atoms. The van der Waals surface area contributed by atoms with E-state index in [1.807, 2.05) is 17.9 Å². The van der Waals surface area contributed by atoms with Gasteiger partial charge in [-0.3, -0.25) is 0 Å². The van der Waals surface area contributed by atoms with Gasteiger partial charge in [-0.2, -0.15) is 0 Å². The highest BCUT2D eigenvalue weighted by Gasteiger charge is 2.21. The van der Waals surface area contributed by atoms with E-state index in [1.54, 1.807) is 6.26 Å². The van der Waals surface area contributed by atoms with Crippen molar-refractivity contribution < 1.29 is 8.81 Å². The second kappa shape index (κ2) is 4.99. The number of aryl methyl sites for hydroxylation is 2. The van der Waals surface area contributed by atoms with Gasteiger partial charge in [-0.05, 0) is 18.9 Å². The molecule has 2 aromatic heterocycles. The smallest absolute Gasteiger partial charge is 0.187 e. The molecule has 5 heteroatoms. The summed E-state index contributed by atoms with van der Waals surface area (Å²) < 4.78 is 19.7. The lowest BCUT2D eigenvalue weighted by Gasteiger charge is -2.22. The van der Waals surface area contributed by atoms with E-state index in [0.717, 1.165) is 30.7 Å². The largest absolute Gasteiger partial charge is 0.469 e. The Morgan fingerprint density at radius 3 is 3.16 bits per heavy atom. The normalized spacial score (nSPS) is 15.2. The zero-order valence-electron chi connectivity index (χ0n) is 10.9. The van der Waals surface area contributed by atoms with Crippen LogP contribution in [0.4, 0.5) is 10.2 Å². The van der Waals surface area contributed by atoms with Gasteiger partial charge in [0.2, 0.25) is 0 Å². The molecule has 0 unspecified atom stereocenters. The van der Waals surface area contributed by atoms with Crippen molar-refractivity contribution in [1.29, 1.82) is 0 Å². The third-order valence-electron chi connectivity index (χ3n) is 3.51. The fourth-order valence-electron chi connectivity index (χ4n) is 2.49. The molecule has 0 amide bonds. The molecule has 3 rings (SSSR count). The number of anilines is 1. The molecule has 3 heterocycles. The summed E-state index contributed by atoms with van der Waals surface area (Å²) >= 11 is 0. The summed E-state index contributed by atoms with van der Waals surface area (Å²) in [6, 6.07) is 1.95. The van der Waals surface area contributed by atoms with E-state index in [2.05, 4.69) is 9.97 Å². The summed E-state index contributed by atoms with van der Waals surface area (Å²) in [4.78, 5) is 10.1. The molecule has 4 nitrogen and oxygen atoms in total. The number of aromatic nitrogens is 2. The van der Waals surface area contributed by atoms with Gasteiger partial charge in [-0.15, -0.1) is 0 Å². The first-order valence-electron chi connectivity index (χ1n) is 6.59. The van der Waals surface area contributed by atoms with Crippen molar-refractivity contribution in [3.05, 3.63) is 41.5 Å². The van der Waals surface area contributed by atoms with Crippen molar-refractivity contribution in [3.63, 3.8) is 0 Å². The van der Waals surface area contributed by atoms with Crippen LogP contribution < -0.4 is 4.90 Å². The number of hydrogen-bond donors (Lipinski definition) is 0. The van der Waals surface area contributed by atoms with Crippen LogP contribution in [0.1, 0.15) is 30.4 Å². The molecule has 0 saturated heterocycles. The van der Waals surface area contributed by atoms with Gasteiger partial charge < -0.3 is 9.32 Å². The quantitative estimate of drug-likeness (QED) is 0.833. The number of furan rings is 1. The molecule has 1 aliphatic rings. The SMILES string of the molecule is CCc1ncnc(N2CCCc3occc3C2)c1F. The molecule has 0 saturated carbocycles. The van der Waals surface area contributed by atoms with E-state index in [-0.39, 0.29) is 5.82 Å². The van der Waals surface area contributed by atoms with Crippen LogP contribution in [0.3, 0.4) is 0 Å². The fraction of sp³-hybridized carbons (Fsp3) is 0.429. The van der Waals surface area contributed by atoms with E-state index in [4.69, 9.17) is 4.42 Å². The maximum absolute atomic E-state index is 14.3. The topological polar surface area (TPSA) is 42.2 Å². The first-order valence-corrected chi connectivity index (χ1v) is 6.59. The van der Waals surface area contributed by atoms with Gasteiger partial charge in [0.15, 0.2) is 11.6 Å². The van der Waals surface area contributed by atoms with E-state index in [0.29, 0.717) is 24.5 Å². The predicted octanol–water partition coefficient (Wildman–Crippen LogP) is 2.72. The van der Waals surface area contributed by atoms with E-state index in [9.17, 15) is 4.39 Å². The van der Waals surface area contributed by atoms with Gasteiger partial charge in [0, 0.05) is 25.1 Å². The van der Waals surface area contributed by atoms with Crippen LogP contribution in [0.2, 0.25) is 0 Å². The van der Waals surface area contributed by atoms with Crippen molar-refractivity contribution in [3.8, 4) is 0 Å².